The van der Waals surface area contributed by atoms with Gasteiger partial charge in [0.15, 0.2) is 0 Å². The van der Waals surface area contributed by atoms with Crippen molar-refractivity contribution in [3.63, 3.8) is 0 Å². The maximum Gasteiger partial charge on any atom is 0.338 e. The van der Waals surface area contributed by atoms with E-state index in [-0.39, 0.29) is 11.5 Å². The molecule has 1 amide bonds. The molecule has 1 N–H and O–H groups in total. The number of rotatable bonds is 6. The van der Waals surface area contributed by atoms with E-state index < -0.39 is 5.91 Å². The van der Waals surface area contributed by atoms with E-state index in [9.17, 15) is 14.9 Å². The highest BCUT2D eigenvalue weighted by Crippen LogP contribution is 2.24. The summed E-state index contributed by atoms with van der Waals surface area (Å²) in [6.07, 6.45) is 1.60. The first-order valence-electron chi connectivity index (χ1n) is 10.7. The second-order valence-electron chi connectivity index (χ2n) is 7.80. The number of hydrogen-bond donors (Lipinski definition) is 1. The van der Waals surface area contributed by atoms with Crippen molar-refractivity contribution >= 4 is 23.6 Å². The Balaban J connectivity index is 1.90. The van der Waals surface area contributed by atoms with Crippen LogP contribution in [0.15, 0.2) is 54.1 Å². The highest BCUT2D eigenvalue weighted by molar-refractivity contribution is 6.10. The lowest BCUT2D eigenvalue weighted by atomic mass is 10.1. The fraction of sp³-hybridized carbons (Fsp3) is 0.222. The number of aromatic nitrogens is 1. The summed E-state index contributed by atoms with van der Waals surface area (Å²) < 4.78 is 7.05. The minimum Gasteiger partial charge on any atom is -0.462 e. The number of nitriles is 1. The quantitative estimate of drug-likeness (QED) is 0.314. The van der Waals surface area contributed by atoms with E-state index in [1.807, 2.05) is 74.7 Å². The highest BCUT2D eigenvalue weighted by atomic mass is 16.5. The largest absolute Gasteiger partial charge is 0.462 e. The number of benzene rings is 2. The van der Waals surface area contributed by atoms with Crippen molar-refractivity contribution in [3.8, 4) is 11.8 Å². The Morgan fingerprint density at radius 3 is 2.42 bits per heavy atom. The second-order valence-corrected chi connectivity index (χ2v) is 7.80. The summed E-state index contributed by atoms with van der Waals surface area (Å²) in [4.78, 5) is 24.7. The van der Waals surface area contributed by atoms with Crippen molar-refractivity contribution in [2.24, 2.45) is 0 Å². The first kappa shape index (κ1) is 23.6. The number of carbonyl (C=O) groups excluding carboxylic acids is 2. The van der Waals surface area contributed by atoms with Crippen LogP contribution < -0.4 is 5.32 Å². The predicted molar refractivity (Wildman–Crippen MR) is 129 cm³/mol. The van der Waals surface area contributed by atoms with Crippen LogP contribution in [0.3, 0.4) is 0 Å². The van der Waals surface area contributed by atoms with Crippen LogP contribution in [-0.2, 0) is 9.53 Å². The Kier molecular flexibility index (Phi) is 7.14. The maximum atomic E-state index is 12.8. The number of nitrogens with one attached hydrogen (secondary N) is 1. The molecule has 3 rings (SSSR count). The van der Waals surface area contributed by atoms with E-state index in [0.717, 1.165) is 33.8 Å². The smallest absolute Gasteiger partial charge is 0.338 e. The molecule has 0 aliphatic heterocycles. The molecule has 0 aliphatic carbocycles. The fourth-order valence-corrected chi connectivity index (χ4v) is 3.67. The van der Waals surface area contributed by atoms with Gasteiger partial charge in [0.2, 0.25) is 0 Å². The van der Waals surface area contributed by atoms with Crippen molar-refractivity contribution in [1.82, 2.24) is 4.57 Å². The molecular formula is C27H27N3O3. The number of aryl methyl sites for hydroxylation is 2. The van der Waals surface area contributed by atoms with Gasteiger partial charge in [-0.2, -0.15) is 5.26 Å². The molecule has 0 bridgehead atoms. The van der Waals surface area contributed by atoms with Gasteiger partial charge in [-0.05, 0) is 93.8 Å². The normalized spacial score (nSPS) is 11.1. The van der Waals surface area contributed by atoms with E-state index in [4.69, 9.17) is 4.74 Å². The van der Waals surface area contributed by atoms with E-state index in [2.05, 4.69) is 5.32 Å². The maximum absolute atomic E-state index is 12.8. The van der Waals surface area contributed by atoms with Crippen LogP contribution in [0.2, 0.25) is 0 Å². The van der Waals surface area contributed by atoms with Gasteiger partial charge in [-0.25, -0.2) is 4.79 Å². The zero-order chi connectivity index (χ0) is 24.1. The van der Waals surface area contributed by atoms with Gasteiger partial charge in [0.1, 0.15) is 11.6 Å². The zero-order valence-electron chi connectivity index (χ0n) is 19.5. The Morgan fingerprint density at radius 1 is 1.09 bits per heavy atom. The lowest BCUT2D eigenvalue weighted by Gasteiger charge is -2.11. The molecule has 1 aromatic heterocycles. The Hall–Kier alpha value is -4.11. The van der Waals surface area contributed by atoms with Crippen molar-refractivity contribution in [3.05, 3.63) is 87.7 Å². The average Bonchev–Trinajstić information content (AvgIpc) is 3.08. The molecular weight excluding hydrogens is 414 g/mol. The van der Waals surface area contributed by atoms with Gasteiger partial charge in [-0.15, -0.1) is 0 Å². The summed E-state index contributed by atoms with van der Waals surface area (Å²) >= 11 is 0. The summed E-state index contributed by atoms with van der Waals surface area (Å²) in [6, 6.07) is 16.7. The molecule has 0 fully saturated rings. The standard InChI is InChI=1S/C27H27N3O3/c1-6-33-27(32)21-10-12-24(13-11-21)30-18(3)14-22(20(30)5)15-23(16-28)26(31)29-25-9-7-8-17(2)19(25)4/h7-15H,6H2,1-5H3,(H,29,31)/b23-15-. The Bertz CT molecular complexity index is 1280. The first-order chi connectivity index (χ1) is 15.8. The molecule has 0 unspecified atom stereocenters. The molecule has 6 heteroatoms. The van der Waals surface area contributed by atoms with Crippen molar-refractivity contribution < 1.29 is 14.3 Å². The number of esters is 1. The van der Waals surface area contributed by atoms with Gasteiger partial charge < -0.3 is 14.6 Å². The van der Waals surface area contributed by atoms with Crippen molar-refractivity contribution in [1.29, 1.82) is 5.26 Å². The minimum atomic E-state index is -0.449. The summed E-state index contributed by atoms with van der Waals surface area (Å²) in [7, 11) is 0. The van der Waals surface area contributed by atoms with Crippen LogP contribution >= 0.6 is 0 Å². The third-order valence-electron chi connectivity index (χ3n) is 5.62. The van der Waals surface area contributed by atoms with E-state index in [1.54, 1.807) is 25.1 Å². The third kappa shape index (κ3) is 5.04. The third-order valence-corrected chi connectivity index (χ3v) is 5.62. The van der Waals surface area contributed by atoms with Crippen LogP contribution in [-0.4, -0.2) is 23.1 Å². The van der Waals surface area contributed by atoms with E-state index in [1.165, 1.54) is 0 Å². The van der Waals surface area contributed by atoms with E-state index in [0.29, 0.717) is 17.9 Å². The van der Waals surface area contributed by atoms with Crippen LogP contribution in [0.5, 0.6) is 0 Å². The number of carbonyl (C=O) groups is 2. The first-order valence-corrected chi connectivity index (χ1v) is 10.7. The molecule has 0 radical (unpaired) electrons. The number of amides is 1. The summed E-state index contributed by atoms with van der Waals surface area (Å²) in [5.41, 5.74) is 6.68. The molecule has 33 heavy (non-hydrogen) atoms. The summed E-state index contributed by atoms with van der Waals surface area (Å²) in [5.74, 6) is -0.808. The monoisotopic (exact) mass is 441 g/mol. The molecule has 0 aliphatic rings. The molecule has 6 nitrogen and oxygen atoms in total. The number of anilines is 1. The van der Waals surface area contributed by atoms with Crippen LogP contribution in [0.1, 0.15) is 45.4 Å². The van der Waals surface area contributed by atoms with Crippen LogP contribution in [0.25, 0.3) is 11.8 Å². The van der Waals surface area contributed by atoms with Gasteiger partial charge in [-0.1, -0.05) is 12.1 Å². The lowest BCUT2D eigenvalue weighted by Crippen LogP contribution is -2.14. The van der Waals surface area contributed by atoms with Crippen molar-refractivity contribution in [2.45, 2.75) is 34.6 Å². The van der Waals surface area contributed by atoms with Gasteiger partial charge in [-0.3, -0.25) is 4.79 Å². The number of nitrogens with zero attached hydrogens (tertiary/aromatic N) is 2. The molecule has 0 spiro atoms. The second kappa shape index (κ2) is 10.0. The summed E-state index contributed by atoms with van der Waals surface area (Å²) in [5, 5.41) is 12.5. The van der Waals surface area contributed by atoms with Gasteiger partial charge in [0.25, 0.3) is 5.91 Å². The lowest BCUT2D eigenvalue weighted by molar-refractivity contribution is -0.112. The molecule has 0 saturated carbocycles. The number of ether oxygens (including phenoxy) is 1. The highest BCUT2D eigenvalue weighted by Gasteiger charge is 2.15. The molecule has 1 heterocycles. The van der Waals surface area contributed by atoms with Gasteiger partial charge in [0.05, 0.1) is 12.2 Å². The SMILES string of the molecule is CCOC(=O)c1ccc(-n2c(C)cc(/C=C(/C#N)C(=O)Nc3cccc(C)c3C)c2C)cc1. The average molecular weight is 442 g/mol. The number of hydrogen-bond acceptors (Lipinski definition) is 4. The zero-order valence-corrected chi connectivity index (χ0v) is 19.5. The van der Waals surface area contributed by atoms with Gasteiger partial charge in [0, 0.05) is 22.8 Å². The van der Waals surface area contributed by atoms with Crippen LogP contribution in [0.4, 0.5) is 5.69 Å². The van der Waals surface area contributed by atoms with Crippen LogP contribution in [0, 0.1) is 39.0 Å². The molecule has 0 atom stereocenters. The Morgan fingerprint density at radius 2 is 1.79 bits per heavy atom. The summed E-state index contributed by atoms with van der Waals surface area (Å²) in [6.45, 7) is 9.87. The minimum absolute atomic E-state index is 0.0221. The van der Waals surface area contributed by atoms with Gasteiger partial charge >= 0.3 is 5.97 Å². The predicted octanol–water partition coefficient (Wildman–Crippen LogP) is 5.43. The Labute approximate surface area is 194 Å². The molecule has 3 aromatic rings. The molecule has 2 aromatic carbocycles. The van der Waals surface area contributed by atoms with Crippen molar-refractivity contribution in [2.75, 3.05) is 11.9 Å². The topological polar surface area (TPSA) is 84.1 Å². The molecule has 0 saturated heterocycles. The molecule has 168 valence electrons. The fourth-order valence-electron chi connectivity index (χ4n) is 3.67. The van der Waals surface area contributed by atoms with E-state index >= 15 is 0 Å².